The van der Waals surface area contributed by atoms with Gasteiger partial charge in [0.2, 0.25) is 0 Å². The van der Waals surface area contributed by atoms with Crippen molar-refractivity contribution in [1.82, 2.24) is 0 Å². The van der Waals surface area contributed by atoms with Crippen LogP contribution in [0.3, 0.4) is 0 Å². The smallest absolute Gasteiger partial charge is 0.338 e. The van der Waals surface area contributed by atoms with E-state index in [4.69, 9.17) is 20.9 Å². The van der Waals surface area contributed by atoms with E-state index in [9.17, 15) is 9.59 Å². The summed E-state index contributed by atoms with van der Waals surface area (Å²) in [6.07, 6.45) is 17.2. The number of ether oxygens (including phenoxy) is 2. The summed E-state index contributed by atoms with van der Waals surface area (Å²) < 4.78 is 11.0. The number of carbonyl (C=O) groups excluding carboxylic acids is 2. The van der Waals surface area contributed by atoms with Crippen LogP contribution in [0.5, 0.6) is 0 Å². The average Bonchev–Trinajstić information content (AvgIpc) is 2.90. The highest BCUT2D eigenvalue weighted by molar-refractivity contribution is 5.90. The standard InChI is InChI=1S/C32H44N2O4/c1-2-3-4-5-6-7-8-24-11-16-30(17-12-24)38-32(36)27-14-9-25(10-15-27)13-18-31(35)37-20-19-26-21-28(33)23-29(34)22-26/h9-10,13-15,18,21-24,30H,2-8,11-12,16-17,19-20,33-34H2,1H3. The minimum atomic E-state index is -0.433. The van der Waals surface area contributed by atoms with Gasteiger partial charge in [0, 0.05) is 23.9 Å². The highest BCUT2D eigenvalue weighted by Gasteiger charge is 2.24. The van der Waals surface area contributed by atoms with Crippen molar-refractivity contribution in [1.29, 1.82) is 0 Å². The first kappa shape index (κ1) is 29.3. The summed E-state index contributed by atoms with van der Waals surface area (Å²) in [6, 6.07) is 12.4. The maximum absolute atomic E-state index is 12.6. The van der Waals surface area contributed by atoms with E-state index in [1.807, 2.05) is 12.1 Å². The molecule has 38 heavy (non-hydrogen) atoms. The van der Waals surface area contributed by atoms with Crippen LogP contribution in [0.25, 0.3) is 6.08 Å². The number of unbranched alkanes of at least 4 members (excludes halogenated alkanes) is 5. The fourth-order valence-electron chi connectivity index (χ4n) is 5.07. The first-order valence-corrected chi connectivity index (χ1v) is 14.2. The van der Waals surface area contributed by atoms with E-state index in [1.165, 1.54) is 51.0 Å². The zero-order valence-corrected chi connectivity index (χ0v) is 22.8. The summed E-state index contributed by atoms with van der Waals surface area (Å²) in [7, 11) is 0. The molecule has 0 radical (unpaired) electrons. The van der Waals surface area contributed by atoms with Crippen molar-refractivity contribution in [3.8, 4) is 0 Å². The second kappa shape index (κ2) is 15.9. The lowest BCUT2D eigenvalue weighted by atomic mass is 9.84. The molecule has 3 rings (SSSR count). The van der Waals surface area contributed by atoms with Crippen molar-refractivity contribution in [2.75, 3.05) is 18.1 Å². The van der Waals surface area contributed by atoms with Gasteiger partial charge in [0.1, 0.15) is 6.10 Å². The molecule has 0 aliphatic heterocycles. The molecule has 1 aliphatic carbocycles. The van der Waals surface area contributed by atoms with Crippen molar-refractivity contribution in [2.24, 2.45) is 5.92 Å². The molecular weight excluding hydrogens is 476 g/mol. The van der Waals surface area contributed by atoms with E-state index < -0.39 is 5.97 Å². The zero-order chi connectivity index (χ0) is 27.2. The van der Waals surface area contributed by atoms with Gasteiger partial charge in [-0.05, 0) is 79.1 Å². The first-order chi connectivity index (χ1) is 18.4. The van der Waals surface area contributed by atoms with Crippen LogP contribution in [0, 0.1) is 5.92 Å². The van der Waals surface area contributed by atoms with Crippen LogP contribution in [-0.4, -0.2) is 24.6 Å². The Balaban J connectivity index is 1.33. The predicted octanol–water partition coefficient (Wildman–Crippen LogP) is 7.12. The first-order valence-electron chi connectivity index (χ1n) is 14.2. The molecule has 0 unspecified atom stereocenters. The molecule has 6 nitrogen and oxygen atoms in total. The summed E-state index contributed by atoms with van der Waals surface area (Å²) in [6.45, 7) is 2.49. The van der Waals surface area contributed by atoms with Gasteiger partial charge in [-0.1, -0.05) is 64.0 Å². The van der Waals surface area contributed by atoms with E-state index >= 15 is 0 Å². The van der Waals surface area contributed by atoms with E-state index in [0.717, 1.165) is 42.7 Å². The van der Waals surface area contributed by atoms with Crippen LogP contribution in [0.2, 0.25) is 0 Å². The number of carbonyl (C=O) groups is 2. The maximum Gasteiger partial charge on any atom is 0.338 e. The third-order valence-corrected chi connectivity index (χ3v) is 7.26. The highest BCUT2D eigenvalue weighted by atomic mass is 16.5. The lowest BCUT2D eigenvalue weighted by molar-refractivity contribution is -0.137. The monoisotopic (exact) mass is 520 g/mol. The summed E-state index contributed by atoms with van der Waals surface area (Å²) in [5.74, 6) is 0.0729. The molecule has 1 fully saturated rings. The number of anilines is 2. The summed E-state index contributed by atoms with van der Waals surface area (Å²) in [4.78, 5) is 24.7. The van der Waals surface area contributed by atoms with E-state index in [1.54, 1.807) is 36.4 Å². The Labute approximate surface area is 227 Å². The Morgan fingerprint density at radius 2 is 1.55 bits per heavy atom. The normalized spacial score (nSPS) is 17.4. The van der Waals surface area contributed by atoms with Crippen LogP contribution in [0.15, 0.2) is 48.5 Å². The third-order valence-electron chi connectivity index (χ3n) is 7.26. The molecule has 2 aromatic rings. The lowest BCUT2D eigenvalue weighted by Crippen LogP contribution is -2.24. The third kappa shape index (κ3) is 10.6. The second-order valence-corrected chi connectivity index (χ2v) is 10.5. The highest BCUT2D eigenvalue weighted by Crippen LogP contribution is 2.30. The molecule has 0 atom stereocenters. The largest absolute Gasteiger partial charge is 0.462 e. The van der Waals surface area contributed by atoms with Crippen LogP contribution in [0.4, 0.5) is 11.4 Å². The molecule has 0 bridgehead atoms. The van der Waals surface area contributed by atoms with Gasteiger partial charge in [-0.25, -0.2) is 9.59 Å². The van der Waals surface area contributed by atoms with Crippen LogP contribution >= 0.6 is 0 Å². The number of hydrogen-bond acceptors (Lipinski definition) is 6. The fourth-order valence-corrected chi connectivity index (χ4v) is 5.07. The molecule has 1 aliphatic rings. The molecular formula is C32H44N2O4. The Kier molecular flexibility index (Phi) is 12.2. The van der Waals surface area contributed by atoms with Gasteiger partial charge in [-0.15, -0.1) is 0 Å². The molecule has 0 heterocycles. The topological polar surface area (TPSA) is 105 Å². The molecule has 1 saturated carbocycles. The van der Waals surface area contributed by atoms with E-state index in [0.29, 0.717) is 23.4 Å². The zero-order valence-electron chi connectivity index (χ0n) is 22.8. The van der Waals surface area contributed by atoms with Gasteiger partial charge in [-0.3, -0.25) is 0 Å². The van der Waals surface area contributed by atoms with Crippen LogP contribution in [-0.2, 0) is 20.7 Å². The van der Waals surface area contributed by atoms with Gasteiger partial charge in [0.25, 0.3) is 0 Å². The van der Waals surface area contributed by atoms with Crippen molar-refractivity contribution >= 4 is 29.4 Å². The summed E-state index contributed by atoms with van der Waals surface area (Å²) in [5, 5.41) is 0. The van der Waals surface area contributed by atoms with Crippen molar-refractivity contribution in [2.45, 2.75) is 90.1 Å². The Morgan fingerprint density at radius 1 is 0.895 bits per heavy atom. The Hall–Kier alpha value is -3.28. The van der Waals surface area contributed by atoms with Gasteiger partial charge in [0.15, 0.2) is 0 Å². The molecule has 4 N–H and O–H groups in total. The molecule has 2 aromatic carbocycles. The van der Waals surface area contributed by atoms with Crippen LogP contribution < -0.4 is 11.5 Å². The molecule has 206 valence electrons. The quantitative estimate of drug-likeness (QED) is 0.119. The number of rotatable bonds is 14. The number of hydrogen-bond donors (Lipinski definition) is 2. The van der Waals surface area contributed by atoms with Gasteiger partial charge in [0.05, 0.1) is 12.2 Å². The maximum atomic E-state index is 12.6. The van der Waals surface area contributed by atoms with Gasteiger partial charge in [-0.2, -0.15) is 0 Å². The minimum absolute atomic E-state index is 0.0152. The van der Waals surface area contributed by atoms with Crippen molar-refractivity contribution in [3.63, 3.8) is 0 Å². The molecule has 0 saturated heterocycles. The fraction of sp³-hybridized carbons (Fsp3) is 0.500. The molecule has 0 amide bonds. The average molecular weight is 521 g/mol. The molecule has 0 aromatic heterocycles. The van der Waals surface area contributed by atoms with Crippen molar-refractivity contribution in [3.05, 3.63) is 65.2 Å². The number of nitrogens with two attached hydrogens (primary N) is 2. The van der Waals surface area contributed by atoms with Crippen molar-refractivity contribution < 1.29 is 19.1 Å². The van der Waals surface area contributed by atoms with E-state index in [2.05, 4.69) is 6.92 Å². The molecule has 0 spiro atoms. The molecule has 6 heteroatoms. The lowest BCUT2D eigenvalue weighted by Gasteiger charge is -2.28. The predicted molar refractivity (Wildman–Crippen MR) is 155 cm³/mol. The van der Waals surface area contributed by atoms with Gasteiger partial charge < -0.3 is 20.9 Å². The van der Waals surface area contributed by atoms with Crippen LogP contribution in [0.1, 0.15) is 99.0 Å². The SMILES string of the molecule is CCCCCCCCC1CCC(OC(=O)c2ccc(C=CC(=O)OCCc3cc(N)cc(N)c3)cc2)CC1. The summed E-state index contributed by atoms with van der Waals surface area (Å²) >= 11 is 0. The summed E-state index contributed by atoms with van der Waals surface area (Å²) in [5.41, 5.74) is 15.0. The van der Waals surface area contributed by atoms with Gasteiger partial charge >= 0.3 is 11.9 Å². The second-order valence-electron chi connectivity index (χ2n) is 10.5. The number of benzene rings is 2. The Morgan fingerprint density at radius 3 is 2.24 bits per heavy atom. The number of nitrogen functional groups attached to an aromatic ring is 2. The Bertz CT molecular complexity index is 1020. The minimum Gasteiger partial charge on any atom is -0.462 e. The van der Waals surface area contributed by atoms with E-state index in [-0.39, 0.29) is 18.7 Å². The number of esters is 2.